The molecule has 2 nitrogen and oxygen atoms in total. The Morgan fingerprint density at radius 2 is 2.55 bits per heavy atom. The molecule has 0 spiro atoms. The molecule has 0 N–H and O–H groups in total. The molecule has 1 heterocycles. The summed E-state index contributed by atoms with van der Waals surface area (Å²) in [6.07, 6.45) is 4.52. The molecule has 1 aliphatic rings. The third kappa shape index (κ3) is 1.93. The summed E-state index contributed by atoms with van der Waals surface area (Å²) < 4.78 is 0. The fourth-order valence-electron chi connectivity index (χ4n) is 1.23. The monoisotopic (exact) mass is 151 g/mol. The molecular formula is C9H13NO. The normalized spacial score (nSPS) is 17.5. The van der Waals surface area contributed by atoms with Crippen molar-refractivity contribution in [3.05, 3.63) is 24.3 Å². The van der Waals surface area contributed by atoms with Gasteiger partial charge in [0.2, 0.25) is 5.91 Å². The van der Waals surface area contributed by atoms with Gasteiger partial charge in [-0.2, -0.15) is 0 Å². The maximum Gasteiger partial charge on any atom is 0.246 e. The van der Waals surface area contributed by atoms with E-state index in [1.165, 1.54) is 11.6 Å². The predicted octanol–water partition coefficient (Wildman–Crippen LogP) is 1.35. The Morgan fingerprint density at radius 1 is 1.82 bits per heavy atom. The van der Waals surface area contributed by atoms with E-state index in [2.05, 4.69) is 12.7 Å². The highest BCUT2D eigenvalue weighted by molar-refractivity contribution is 5.87. The first-order valence-electron chi connectivity index (χ1n) is 3.81. The maximum absolute atomic E-state index is 11.1. The van der Waals surface area contributed by atoms with Gasteiger partial charge in [0.15, 0.2) is 0 Å². The molecule has 0 bridgehead atoms. The lowest BCUT2D eigenvalue weighted by atomic mass is 10.1. The molecule has 2 heteroatoms. The van der Waals surface area contributed by atoms with E-state index in [0.29, 0.717) is 0 Å². The summed E-state index contributed by atoms with van der Waals surface area (Å²) in [4.78, 5) is 12.9. The van der Waals surface area contributed by atoms with E-state index in [0.717, 1.165) is 19.5 Å². The highest BCUT2D eigenvalue weighted by Crippen LogP contribution is 2.08. The van der Waals surface area contributed by atoms with Crippen LogP contribution in [0.2, 0.25) is 0 Å². The van der Waals surface area contributed by atoms with E-state index in [4.69, 9.17) is 0 Å². The summed E-state index contributed by atoms with van der Waals surface area (Å²) in [7, 11) is 0. The molecule has 0 radical (unpaired) electrons. The van der Waals surface area contributed by atoms with Crippen LogP contribution in [0.5, 0.6) is 0 Å². The Morgan fingerprint density at radius 3 is 3.09 bits per heavy atom. The lowest BCUT2D eigenvalue weighted by Gasteiger charge is -2.24. The average Bonchev–Trinajstić information content (AvgIpc) is 2.03. The predicted molar refractivity (Wildman–Crippen MR) is 45.2 cm³/mol. The SMILES string of the molecule is C=CC(=O)N1CCC=C(C)C1. The zero-order chi connectivity index (χ0) is 8.27. The molecule has 1 amide bonds. The minimum absolute atomic E-state index is 0.0393. The molecule has 0 aromatic rings. The Bertz CT molecular complexity index is 206. The van der Waals surface area contributed by atoms with Gasteiger partial charge in [-0.1, -0.05) is 18.2 Å². The molecule has 1 rings (SSSR count). The van der Waals surface area contributed by atoms with Gasteiger partial charge < -0.3 is 4.90 Å². The van der Waals surface area contributed by atoms with Crippen LogP contribution in [0.4, 0.5) is 0 Å². The number of carbonyl (C=O) groups is 1. The van der Waals surface area contributed by atoms with Crippen molar-refractivity contribution >= 4 is 5.91 Å². The Balaban J connectivity index is 2.57. The van der Waals surface area contributed by atoms with E-state index in [1.807, 2.05) is 11.8 Å². The fraction of sp³-hybridized carbons (Fsp3) is 0.444. The third-order valence-electron chi connectivity index (χ3n) is 1.82. The number of amides is 1. The standard InChI is InChI=1S/C9H13NO/c1-3-9(11)10-6-4-5-8(2)7-10/h3,5H,1,4,6-7H2,2H3. The summed E-state index contributed by atoms with van der Waals surface area (Å²) in [5.74, 6) is 0.0393. The maximum atomic E-state index is 11.1. The van der Waals surface area contributed by atoms with Crippen LogP contribution in [-0.4, -0.2) is 23.9 Å². The molecule has 0 atom stereocenters. The van der Waals surface area contributed by atoms with Crippen LogP contribution in [0, 0.1) is 0 Å². The van der Waals surface area contributed by atoms with Gasteiger partial charge in [-0.25, -0.2) is 0 Å². The first kappa shape index (κ1) is 8.05. The molecule has 0 saturated carbocycles. The second-order valence-electron chi connectivity index (χ2n) is 2.80. The fourth-order valence-corrected chi connectivity index (χ4v) is 1.23. The average molecular weight is 151 g/mol. The molecule has 0 aliphatic carbocycles. The van der Waals surface area contributed by atoms with Crippen molar-refractivity contribution in [2.24, 2.45) is 0 Å². The van der Waals surface area contributed by atoms with Crippen molar-refractivity contribution in [1.29, 1.82) is 0 Å². The summed E-state index contributed by atoms with van der Waals surface area (Å²) >= 11 is 0. The second-order valence-corrected chi connectivity index (χ2v) is 2.80. The molecule has 11 heavy (non-hydrogen) atoms. The number of nitrogens with zero attached hydrogens (tertiary/aromatic N) is 1. The molecular weight excluding hydrogens is 138 g/mol. The van der Waals surface area contributed by atoms with Crippen LogP contribution >= 0.6 is 0 Å². The first-order chi connectivity index (χ1) is 5.24. The molecule has 0 aromatic carbocycles. The van der Waals surface area contributed by atoms with Gasteiger partial charge in [-0.3, -0.25) is 4.79 Å². The van der Waals surface area contributed by atoms with E-state index in [1.54, 1.807) is 0 Å². The lowest BCUT2D eigenvalue weighted by molar-refractivity contribution is -0.125. The topological polar surface area (TPSA) is 20.3 Å². The highest BCUT2D eigenvalue weighted by Gasteiger charge is 2.12. The van der Waals surface area contributed by atoms with Crippen molar-refractivity contribution in [3.8, 4) is 0 Å². The number of carbonyl (C=O) groups excluding carboxylic acids is 1. The van der Waals surface area contributed by atoms with E-state index >= 15 is 0 Å². The van der Waals surface area contributed by atoms with Crippen LogP contribution in [0.1, 0.15) is 13.3 Å². The van der Waals surface area contributed by atoms with Gasteiger partial charge in [-0.05, 0) is 19.4 Å². The van der Waals surface area contributed by atoms with E-state index in [9.17, 15) is 4.79 Å². The van der Waals surface area contributed by atoms with Crippen molar-refractivity contribution in [2.75, 3.05) is 13.1 Å². The Hall–Kier alpha value is -1.05. The van der Waals surface area contributed by atoms with Crippen molar-refractivity contribution in [1.82, 2.24) is 4.90 Å². The van der Waals surface area contributed by atoms with Gasteiger partial charge in [0, 0.05) is 13.1 Å². The molecule has 0 aromatic heterocycles. The lowest BCUT2D eigenvalue weighted by Crippen LogP contribution is -2.33. The van der Waals surface area contributed by atoms with Gasteiger partial charge in [0.1, 0.15) is 0 Å². The molecule has 0 saturated heterocycles. The van der Waals surface area contributed by atoms with Gasteiger partial charge in [-0.15, -0.1) is 0 Å². The zero-order valence-corrected chi connectivity index (χ0v) is 6.84. The minimum atomic E-state index is 0.0393. The van der Waals surface area contributed by atoms with Crippen LogP contribution in [-0.2, 0) is 4.79 Å². The Kier molecular flexibility index (Phi) is 2.47. The molecule has 60 valence electrons. The summed E-state index contributed by atoms with van der Waals surface area (Å²) in [6.45, 7) is 7.10. The zero-order valence-electron chi connectivity index (χ0n) is 6.84. The second kappa shape index (κ2) is 3.37. The van der Waals surface area contributed by atoms with Crippen LogP contribution in [0.3, 0.4) is 0 Å². The van der Waals surface area contributed by atoms with E-state index < -0.39 is 0 Å². The summed E-state index contributed by atoms with van der Waals surface area (Å²) in [6, 6.07) is 0. The number of rotatable bonds is 1. The highest BCUT2D eigenvalue weighted by atomic mass is 16.2. The minimum Gasteiger partial charge on any atom is -0.335 e. The van der Waals surface area contributed by atoms with Crippen molar-refractivity contribution < 1.29 is 4.79 Å². The number of hydrogen-bond donors (Lipinski definition) is 0. The first-order valence-corrected chi connectivity index (χ1v) is 3.81. The molecule has 1 aliphatic heterocycles. The molecule has 0 fully saturated rings. The van der Waals surface area contributed by atoms with Crippen molar-refractivity contribution in [2.45, 2.75) is 13.3 Å². The summed E-state index contributed by atoms with van der Waals surface area (Å²) in [5, 5.41) is 0. The van der Waals surface area contributed by atoms with Crippen LogP contribution in [0.15, 0.2) is 24.3 Å². The van der Waals surface area contributed by atoms with Crippen molar-refractivity contribution in [3.63, 3.8) is 0 Å². The Labute approximate surface area is 67.2 Å². The largest absolute Gasteiger partial charge is 0.335 e. The quantitative estimate of drug-likeness (QED) is 0.409. The van der Waals surface area contributed by atoms with E-state index in [-0.39, 0.29) is 5.91 Å². The van der Waals surface area contributed by atoms with Crippen LogP contribution in [0.25, 0.3) is 0 Å². The van der Waals surface area contributed by atoms with Gasteiger partial charge >= 0.3 is 0 Å². The summed E-state index contributed by atoms with van der Waals surface area (Å²) in [5.41, 5.74) is 1.27. The molecule has 0 unspecified atom stereocenters. The van der Waals surface area contributed by atoms with Gasteiger partial charge in [0.05, 0.1) is 0 Å². The third-order valence-corrected chi connectivity index (χ3v) is 1.82. The number of hydrogen-bond acceptors (Lipinski definition) is 1. The van der Waals surface area contributed by atoms with Gasteiger partial charge in [0.25, 0.3) is 0 Å². The van der Waals surface area contributed by atoms with Crippen LogP contribution < -0.4 is 0 Å². The smallest absolute Gasteiger partial charge is 0.246 e.